The summed E-state index contributed by atoms with van der Waals surface area (Å²) in [4.78, 5) is 94.1. The zero-order valence-corrected chi connectivity index (χ0v) is 75.1. The van der Waals surface area contributed by atoms with E-state index in [1.54, 1.807) is 74.4 Å². The van der Waals surface area contributed by atoms with E-state index in [0.717, 1.165) is 105 Å². The maximum atomic E-state index is 14.7. The number of halogens is 3. The van der Waals surface area contributed by atoms with Gasteiger partial charge in [-0.15, -0.1) is 0 Å². The number of aromatic nitrogens is 18. The molecular formula is C99H102F3N27O3. The Hall–Kier alpha value is -15.5. The first-order valence-corrected chi connectivity index (χ1v) is 43.6. The lowest BCUT2D eigenvalue weighted by Gasteiger charge is -2.17. The number of unbranched alkanes of at least 4 members (excludes halogenated alkanes) is 1. The number of benzene rings is 6. The summed E-state index contributed by atoms with van der Waals surface area (Å²) < 4.78 is 44.0. The average Bonchev–Trinajstić information content (AvgIpc) is 1.62. The van der Waals surface area contributed by atoms with Crippen LogP contribution >= 0.6 is 0 Å². The Morgan fingerprint density at radius 3 is 0.977 bits per heavy atom. The molecule has 0 aliphatic heterocycles. The van der Waals surface area contributed by atoms with Crippen molar-refractivity contribution in [2.75, 3.05) is 113 Å². The van der Waals surface area contributed by atoms with Crippen LogP contribution in [0.15, 0.2) is 202 Å². The zero-order chi connectivity index (χ0) is 92.3. The van der Waals surface area contributed by atoms with Crippen LogP contribution in [0.5, 0.6) is 0 Å². The molecule has 672 valence electrons. The van der Waals surface area contributed by atoms with Crippen LogP contribution < -0.4 is 31.9 Å². The van der Waals surface area contributed by atoms with Crippen molar-refractivity contribution in [2.24, 2.45) is 5.41 Å². The smallest absolute Gasteiger partial charge is 0.224 e. The van der Waals surface area contributed by atoms with E-state index in [0.29, 0.717) is 174 Å². The van der Waals surface area contributed by atoms with Crippen molar-refractivity contribution in [1.29, 1.82) is 0 Å². The van der Waals surface area contributed by atoms with Gasteiger partial charge in [-0.3, -0.25) is 59.6 Å². The molecule has 30 nitrogen and oxygen atoms in total. The van der Waals surface area contributed by atoms with E-state index in [1.165, 1.54) is 36.4 Å². The van der Waals surface area contributed by atoms with E-state index < -0.39 is 0 Å². The number of hydrogen-bond acceptors (Lipinski definition) is 21. The number of pyridine rings is 6. The maximum Gasteiger partial charge on any atom is 0.224 e. The summed E-state index contributed by atoms with van der Waals surface area (Å²) in [6, 6.07) is 38.3. The zero-order valence-electron chi connectivity index (χ0n) is 75.1. The summed E-state index contributed by atoms with van der Waals surface area (Å²) in [7, 11) is 12.0. The van der Waals surface area contributed by atoms with Crippen LogP contribution in [-0.4, -0.2) is 204 Å². The molecule has 132 heavy (non-hydrogen) atoms. The van der Waals surface area contributed by atoms with Crippen LogP contribution in [-0.2, 0) is 14.4 Å². The fraction of sp³-hybridized carbons (Fsp3) is 0.242. The first kappa shape index (κ1) is 89.9. The minimum absolute atomic E-state index is 0.0211. The highest BCUT2D eigenvalue weighted by molar-refractivity contribution is 6.03. The van der Waals surface area contributed by atoms with Gasteiger partial charge in [0.05, 0.1) is 104 Å². The molecule has 0 bridgehead atoms. The second-order valence-electron chi connectivity index (χ2n) is 34.5. The lowest BCUT2D eigenvalue weighted by molar-refractivity contribution is -0.118. The molecule has 18 rings (SSSR count). The number of hydrogen-bond donors (Lipinski definition) is 12. The first-order valence-electron chi connectivity index (χ1n) is 43.6. The number of nitrogens with one attached hydrogen (secondary N) is 12. The largest absolute Gasteiger partial charge is 0.384 e. The maximum absolute atomic E-state index is 14.7. The Morgan fingerprint density at radius 2 is 0.659 bits per heavy atom. The van der Waals surface area contributed by atoms with Crippen molar-refractivity contribution < 1.29 is 27.6 Å². The van der Waals surface area contributed by atoms with Gasteiger partial charge in [0.2, 0.25) is 17.7 Å². The molecule has 6 aromatic carbocycles. The van der Waals surface area contributed by atoms with E-state index in [4.69, 9.17) is 15.0 Å². The van der Waals surface area contributed by atoms with E-state index in [2.05, 4.69) is 129 Å². The molecule has 0 unspecified atom stereocenters. The van der Waals surface area contributed by atoms with Crippen LogP contribution in [0.4, 0.5) is 47.3 Å². The van der Waals surface area contributed by atoms with Crippen molar-refractivity contribution in [3.8, 4) is 101 Å². The number of amides is 3. The fourth-order valence-corrected chi connectivity index (χ4v) is 15.4. The van der Waals surface area contributed by atoms with Gasteiger partial charge < -0.3 is 61.6 Å². The number of carbonyl (C=O) groups excluding carboxylic acids is 3. The quantitative estimate of drug-likeness (QED) is 0.0199. The van der Waals surface area contributed by atoms with Crippen LogP contribution in [0.25, 0.3) is 167 Å². The highest BCUT2D eigenvalue weighted by Crippen LogP contribution is 2.40. The Labute approximate surface area is 758 Å². The molecule has 12 heterocycles. The molecule has 0 saturated heterocycles. The van der Waals surface area contributed by atoms with Crippen LogP contribution in [0.3, 0.4) is 0 Å². The van der Waals surface area contributed by atoms with Gasteiger partial charge in [0.15, 0.2) is 17.5 Å². The van der Waals surface area contributed by atoms with Crippen LogP contribution in [0, 0.1) is 22.9 Å². The number of H-pyrrole nitrogens is 6. The third kappa shape index (κ3) is 21.7. The number of imidazole rings is 3. The van der Waals surface area contributed by atoms with E-state index in [1.807, 2.05) is 161 Å². The van der Waals surface area contributed by atoms with E-state index >= 15 is 0 Å². The Bertz CT molecular complexity index is 7220. The topological polar surface area (TPSA) is 383 Å². The van der Waals surface area contributed by atoms with E-state index in [9.17, 15) is 27.6 Å². The Kier molecular flexibility index (Phi) is 27.3. The van der Waals surface area contributed by atoms with E-state index in [-0.39, 0.29) is 40.6 Å². The predicted octanol–water partition coefficient (Wildman–Crippen LogP) is 19.3. The van der Waals surface area contributed by atoms with Gasteiger partial charge in [0.25, 0.3) is 0 Å². The number of likely N-dealkylation sites (N-methyl/N-ethyl adjacent to an activating group) is 3. The number of anilines is 6. The molecule has 33 heteroatoms. The molecule has 0 aliphatic carbocycles. The second kappa shape index (κ2) is 40.0. The van der Waals surface area contributed by atoms with Gasteiger partial charge in [-0.25, -0.2) is 28.1 Å². The minimum atomic E-state index is -0.342. The molecule has 0 aliphatic rings. The van der Waals surface area contributed by atoms with Crippen LogP contribution in [0.2, 0.25) is 0 Å². The van der Waals surface area contributed by atoms with Gasteiger partial charge in [-0.2, -0.15) is 15.3 Å². The number of nitrogens with zero attached hydrogens (tertiary/aromatic N) is 15. The summed E-state index contributed by atoms with van der Waals surface area (Å²) in [5.74, 6) is 0.549. The summed E-state index contributed by atoms with van der Waals surface area (Å²) in [6.07, 6.45) is 24.4. The number of aromatic amines is 6. The molecule has 0 fully saturated rings. The van der Waals surface area contributed by atoms with Crippen molar-refractivity contribution in [3.05, 3.63) is 219 Å². The molecule has 0 atom stereocenters. The monoisotopic (exact) mass is 1770 g/mol. The highest BCUT2D eigenvalue weighted by atomic mass is 19.1. The van der Waals surface area contributed by atoms with Crippen molar-refractivity contribution in [2.45, 2.75) is 73.1 Å². The second-order valence-corrected chi connectivity index (χ2v) is 34.5. The molecule has 3 amide bonds. The van der Waals surface area contributed by atoms with Crippen molar-refractivity contribution in [3.63, 3.8) is 0 Å². The SMILES string of the molecule is CCCC(=O)Nc1cncc(-c2ccc3[nH]nc(-c4nc5c(-c6cc(F)cc(NCCN(C)C)c6)cncc5[nH]4)c3c2)c1.CCCCC(=O)Nc1cncc(-c2ccc3[nH]nc(-c4nc5c(-c6cc(F)cc(NCCN(C)C)c6)cncc5[nH]4)c3c2)c1.CN(C)CCNc1cc(F)cc(-c2cncc3[nH]c(-c4n[nH]c5ccc(-c6cncc(NC(=O)CC(C)(C)C)c6)cc45)nc23)c1. The lowest BCUT2D eigenvalue weighted by atomic mass is 9.92. The minimum Gasteiger partial charge on any atom is -0.384 e. The van der Waals surface area contributed by atoms with Crippen molar-refractivity contribution in [1.82, 2.24) is 105 Å². The summed E-state index contributed by atoms with van der Waals surface area (Å²) >= 11 is 0. The van der Waals surface area contributed by atoms with Gasteiger partial charge in [-0.1, -0.05) is 59.2 Å². The Balaban J connectivity index is 0.000000144. The fourth-order valence-electron chi connectivity index (χ4n) is 15.4. The third-order valence-corrected chi connectivity index (χ3v) is 21.8. The number of carbonyl (C=O) groups is 3. The van der Waals surface area contributed by atoms with Gasteiger partial charge in [-0.05, 0) is 203 Å². The molecule has 0 spiro atoms. The first-order chi connectivity index (χ1) is 63.8. The summed E-state index contributed by atoms with van der Waals surface area (Å²) in [5.41, 5.74) is 22.0. The molecule has 12 N–H and O–H groups in total. The number of rotatable bonds is 30. The molecule has 0 saturated carbocycles. The lowest BCUT2D eigenvalue weighted by Crippen LogP contribution is -2.20. The normalized spacial score (nSPS) is 11.6. The van der Waals surface area contributed by atoms with Gasteiger partial charge in [0, 0.05) is 162 Å². The van der Waals surface area contributed by atoms with Gasteiger partial charge in [0.1, 0.15) is 34.5 Å². The third-order valence-electron chi connectivity index (χ3n) is 21.8. The standard InChI is InChI=1S/C34H36FN9O.C33H34FN9O.C32H32FN9O/c1-34(2,3)15-30(45)39-25-12-22(16-36-17-25)20-6-7-28-26(13-20)32(43-42-28)33-40-29-19-37-18-27(31(29)41-33)21-10-23(35)14-24(11-21)38-8-9-44(4)5;1-4-5-6-30(44)38-25-13-22(16-35-17-25)20-7-8-28-26(14-20)32(42-41-28)33-39-29-19-36-18-27(31(29)40-33)21-11-23(34)15-24(12-21)37-9-10-43(2)3;1-4-5-29(43)37-24-12-21(15-34-16-24)19-6-7-27-25(13-19)31(41-40-27)32-38-28-18-35-17-26(30(28)39-32)20-10-22(33)14-23(11-20)36-8-9-42(2)3/h6-7,10-14,16-19,38H,8-9,15H2,1-5H3,(H,39,45)(H,40,41)(H,42,43);7-8,11-19,37H,4-6,9-10H2,1-3H3,(H,38,44)(H,39,40)(H,41,42);6-7,10-18,36H,4-5,8-9H2,1-3H3,(H,37,43)(H,38,39)(H,40,41). The molecule has 0 radical (unpaired) electrons. The predicted molar refractivity (Wildman–Crippen MR) is 518 cm³/mol. The van der Waals surface area contributed by atoms with Crippen LogP contribution in [0.1, 0.15) is 73.1 Å². The summed E-state index contributed by atoms with van der Waals surface area (Å²) in [6.45, 7) is 14.6. The molecule has 18 aromatic rings. The Morgan fingerprint density at radius 1 is 0.341 bits per heavy atom. The van der Waals surface area contributed by atoms with Gasteiger partial charge >= 0.3 is 0 Å². The molecular weight excluding hydrogens is 1670 g/mol. The number of fused-ring (bicyclic) bond motifs is 6. The summed E-state index contributed by atoms with van der Waals surface area (Å²) in [5, 5.41) is 44.3. The van der Waals surface area contributed by atoms with Crippen molar-refractivity contribution >= 4 is 118 Å². The average molecular weight is 1780 g/mol. The highest BCUT2D eigenvalue weighted by Gasteiger charge is 2.24. The molecule has 12 aromatic heterocycles.